The summed E-state index contributed by atoms with van der Waals surface area (Å²) < 4.78 is 0. The van der Waals surface area contributed by atoms with Crippen LogP contribution in [-0.4, -0.2) is 22.6 Å². The zero-order valence-electron chi connectivity index (χ0n) is 14.6. The van der Waals surface area contributed by atoms with E-state index in [0.717, 1.165) is 31.2 Å². The van der Waals surface area contributed by atoms with E-state index in [4.69, 9.17) is 16.3 Å². The van der Waals surface area contributed by atoms with Gasteiger partial charge in [-0.25, -0.2) is 4.99 Å². The molecule has 0 unspecified atom stereocenters. The van der Waals surface area contributed by atoms with Crippen molar-refractivity contribution < 1.29 is 4.84 Å². The van der Waals surface area contributed by atoms with Gasteiger partial charge in [-0.2, -0.15) is 10.1 Å². The van der Waals surface area contributed by atoms with Crippen molar-refractivity contribution in [2.45, 2.75) is 44.4 Å². The number of hydroxylamine groups is 2. The van der Waals surface area contributed by atoms with E-state index in [2.05, 4.69) is 34.3 Å². The number of fused-ring (bicyclic) bond motifs is 1. The molecule has 0 radical (unpaired) electrons. The summed E-state index contributed by atoms with van der Waals surface area (Å²) in [5, 5.41) is 4.06. The molecule has 1 aliphatic carbocycles. The van der Waals surface area contributed by atoms with Crippen molar-refractivity contribution >= 4 is 35.1 Å². The van der Waals surface area contributed by atoms with Crippen molar-refractivity contribution in [2.75, 3.05) is 0 Å². The van der Waals surface area contributed by atoms with Gasteiger partial charge in [0.2, 0.25) is 11.9 Å². The Morgan fingerprint density at radius 1 is 1.00 bits per heavy atom. The summed E-state index contributed by atoms with van der Waals surface area (Å²) in [6.07, 6.45) is 5.11. The number of nitrogens with zero attached hydrogens (tertiary/aromatic N) is 3. The van der Waals surface area contributed by atoms with Crippen LogP contribution >= 0.6 is 12.4 Å². The Morgan fingerprint density at radius 3 is 2.54 bits per heavy atom. The van der Waals surface area contributed by atoms with E-state index in [1.807, 2.05) is 18.2 Å². The molecule has 2 aromatic carbocycles. The van der Waals surface area contributed by atoms with Gasteiger partial charge in [-0.05, 0) is 42.0 Å². The molecule has 1 heterocycles. The predicted octanol–water partition coefficient (Wildman–Crippen LogP) is 3.30. The highest BCUT2D eigenvalue weighted by molar-refractivity contribution is 5.95. The number of rotatable bonds is 3. The lowest BCUT2D eigenvalue weighted by molar-refractivity contribution is -0.185. The van der Waals surface area contributed by atoms with E-state index in [0.29, 0.717) is 6.61 Å². The molecule has 138 valence electrons. The van der Waals surface area contributed by atoms with Crippen LogP contribution in [0.15, 0.2) is 52.4 Å². The molecule has 0 aromatic heterocycles. The van der Waals surface area contributed by atoms with Gasteiger partial charge in [0.05, 0.1) is 0 Å². The van der Waals surface area contributed by atoms with Crippen LogP contribution in [0.3, 0.4) is 0 Å². The number of benzene rings is 2. The smallest absolute Gasteiger partial charge is 0.226 e. The van der Waals surface area contributed by atoms with Gasteiger partial charge in [-0.3, -0.25) is 4.84 Å². The minimum atomic E-state index is -0.515. The van der Waals surface area contributed by atoms with E-state index in [1.165, 1.54) is 17.2 Å². The van der Waals surface area contributed by atoms with E-state index in [-0.39, 0.29) is 24.3 Å². The van der Waals surface area contributed by atoms with E-state index < -0.39 is 5.66 Å². The Labute approximate surface area is 159 Å². The molecule has 26 heavy (non-hydrogen) atoms. The normalized spacial score (nSPS) is 19.0. The second kappa shape index (κ2) is 7.51. The number of hydrogen-bond acceptors (Lipinski definition) is 6. The predicted molar refractivity (Wildman–Crippen MR) is 107 cm³/mol. The molecule has 7 heteroatoms. The van der Waals surface area contributed by atoms with Gasteiger partial charge in [-0.15, -0.1) is 12.4 Å². The molecular formula is C19H24ClN5O. The summed E-state index contributed by atoms with van der Waals surface area (Å²) in [5.74, 6) is 0.527. The first-order chi connectivity index (χ1) is 12.2. The molecule has 2 aliphatic rings. The van der Waals surface area contributed by atoms with Crippen molar-refractivity contribution in [3.05, 3.63) is 48.0 Å². The average molecular weight is 374 g/mol. The standard InChI is InChI=1S/C19H23N5O.ClH/c20-17-22-18(21)24(19(23-17)11-4-1-5-12-19)25-13-15-9-6-8-14-7-2-3-10-16(14)15;/h2-3,6-10H,1,4-5,11-13H2,(H4,20,21,22,23);1H. The van der Waals surface area contributed by atoms with Crippen LogP contribution in [0, 0.1) is 0 Å². The highest BCUT2D eigenvalue weighted by Gasteiger charge is 2.43. The third-order valence-electron chi connectivity index (χ3n) is 5.02. The number of aliphatic imine (C=N–C) groups is 2. The van der Waals surface area contributed by atoms with Gasteiger partial charge in [0.15, 0.2) is 5.66 Å². The first-order valence-electron chi connectivity index (χ1n) is 8.77. The maximum absolute atomic E-state index is 6.15. The van der Waals surface area contributed by atoms with Crippen LogP contribution in [-0.2, 0) is 11.4 Å². The van der Waals surface area contributed by atoms with Crippen LogP contribution in [0.4, 0.5) is 0 Å². The van der Waals surface area contributed by atoms with Crippen molar-refractivity contribution in [2.24, 2.45) is 21.5 Å². The molecule has 1 fully saturated rings. The number of guanidine groups is 2. The monoisotopic (exact) mass is 373 g/mol. The third-order valence-corrected chi connectivity index (χ3v) is 5.02. The van der Waals surface area contributed by atoms with Crippen LogP contribution in [0.2, 0.25) is 0 Å². The molecule has 0 saturated heterocycles. The first kappa shape index (κ1) is 18.5. The van der Waals surface area contributed by atoms with Crippen LogP contribution < -0.4 is 11.5 Å². The van der Waals surface area contributed by atoms with Gasteiger partial charge in [0.1, 0.15) is 6.61 Å². The Balaban J connectivity index is 0.00000196. The largest absolute Gasteiger partial charge is 0.368 e. The van der Waals surface area contributed by atoms with Crippen LogP contribution in [0.1, 0.15) is 37.7 Å². The summed E-state index contributed by atoms with van der Waals surface area (Å²) in [7, 11) is 0. The maximum Gasteiger partial charge on any atom is 0.226 e. The van der Waals surface area contributed by atoms with Crippen molar-refractivity contribution in [1.29, 1.82) is 0 Å². The second-order valence-corrected chi connectivity index (χ2v) is 6.69. The van der Waals surface area contributed by atoms with Crippen molar-refractivity contribution in [3.63, 3.8) is 0 Å². The number of halogens is 1. The first-order valence-corrected chi connectivity index (χ1v) is 8.77. The lowest BCUT2D eigenvalue weighted by atomic mass is 9.89. The summed E-state index contributed by atoms with van der Waals surface area (Å²) in [6, 6.07) is 14.5. The highest BCUT2D eigenvalue weighted by Crippen LogP contribution is 2.37. The molecule has 1 saturated carbocycles. The zero-order valence-corrected chi connectivity index (χ0v) is 15.4. The quantitative estimate of drug-likeness (QED) is 0.863. The van der Waals surface area contributed by atoms with E-state index in [1.54, 1.807) is 5.06 Å². The molecule has 4 N–H and O–H groups in total. The van der Waals surface area contributed by atoms with Crippen LogP contribution in [0.5, 0.6) is 0 Å². The molecule has 2 aromatic rings. The fourth-order valence-corrected chi connectivity index (χ4v) is 3.83. The summed E-state index contributed by atoms with van der Waals surface area (Å²) in [6.45, 7) is 0.411. The van der Waals surface area contributed by atoms with Crippen molar-refractivity contribution in [1.82, 2.24) is 5.06 Å². The fourth-order valence-electron chi connectivity index (χ4n) is 3.83. The molecule has 0 bridgehead atoms. The van der Waals surface area contributed by atoms with Gasteiger partial charge >= 0.3 is 0 Å². The molecular weight excluding hydrogens is 350 g/mol. The van der Waals surface area contributed by atoms with Gasteiger partial charge in [-0.1, -0.05) is 48.9 Å². The SMILES string of the molecule is Cl.NC1=NC2(CCCCC2)N(OCc2cccc3ccccc23)C(N)=N1. The topological polar surface area (TPSA) is 89.2 Å². The Morgan fingerprint density at radius 2 is 1.73 bits per heavy atom. The van der Waals surface area contributed by atoms with Crippen LogP contribution in [0.25, 0.3) is 10.8 Å². The minimum Gasteiger partial charge on any atom is -0.368 e. The molecule has 4 rings (SSSR count). The molecule has 6 nitrogen and oxygen atoms in total. The van der Waals surface area contributed by atoms with Gasteiger partial charge in [0, 0.05) is 0 Å². The lowest BCUT2D eigenvalue weighted by Crippen LogP contribution is -2.57. The molecule has 1 spiro atoms. The van der Waals surface area contributed by atoms with Crippen molar-refractivity contribution in [3.8, 4) is 0 Å². The van der Waals surface area contributed by atoms with Gasteiger partial charge < -0.3 is 11.5 Å². The zero-order chi connectivity index (χ0) is 17.3. The Bertz CT molecular complexity index is 839. The second-order valence-electron chi connectivity index (χ2n) is 6.69. The van der Waals surface area contributed by atoms with E-state index in [9.17, 15) is 0 Å². The molecule has 0 atom stereocenters. The summed E-state index contributed by atoms with van der Waals surface area (Å²) in [5.41, 5.74) is 12.6. The minimum absolute atomic E-state index is 0. The van der Waals surface area contributed by atoms with Gasteiger partial charge in [0.25, 0.3) is 0 Å². The Kier molecular flexibility index (Phi) is 5.34. The fraction of sp³-hybridized carbons (Fsp3) is 0.368. The molecule has 0 amide bonds. The summed E-state index contributed by atoms with van der Waals surface area (Å²) >= 11 is 0. The lowest BCUT2D eigenvalue weighted by Gasteiger charge is -2.44. The number of hydrogen-bond donors (Lipinski definition) is 2. The average Bonchev–Trinajstić information content (AvgIpc) is 2.61. The molecule has 1 aliphatic heterocycles. The maximum atomic E-state index is 6.15. The number of nitrogens with two attached hydrogens (primary N) is 2. The van der Waals surface area contributed by atoms with E-state index >= 15 is 0 Å². The third kappa shape index (κ3) is 3.34. The summed E-state index contributed by atoms with van der Waals surface area (Å²) in [4.78, 5) is 14.9. The Hall–Kier alpha value is -2.31. The highest BCUT2D eigenvalue weighted by atomic mass is 35.5.